The highest BCUT2D eigenvalue weighted by Crippen LogP contribution is 2.26. The quantitative estimate of drug-likeness (QED) is 0.852. The minimum absolute atomic E-state index is 0.0350. The van der Waals surface area contributed by atoms with Gasteiger partial charge in [0.05, 0.1) is 5.56 Å². The molecule has 2 aromatic heterocycles. The number of carbonyl (C=O) groups is 1. The Morgan fingerprint density at radius 3 is 2.38 bits per heavy atom. The van der Waals surface area contributed by atoms with Crippen LogP contribution in [0.3, 0.4) is 0 Å². The van der Waals surface area contributed by atoms with Gasteiger partial charge in [-0.2, -0.15) is 0 Å². The molecule has 2 aromatic rings. The van der Waals surface area contributed by atoms with Crippen molar-refractivity contribution in [3.63, 3.8) is 0 Å². The molecular formula is C17H22N6O. The molecule has 1 aliphatic heterocycles. The average molecular weight is 326 g/mol. The Hall–Kier alpha value is -2.57. The summed E-state index contributed by atoms with van der Waals surface area (Å²) in [5.41, 5.74) is 2.45. The van der Waals surface area contributed by atoms with Crippen molar-refractivity contribution < 1.29 is 4.79 Å². The Balaban J connectivity index is 1.71. The molecule has 1 fully saturated rings. The van der Waals surface area contributed by atoms with Crippen LogP contribution in [0, 0.1) is 13.8 Å². The third-order valence-electron chi connectivity index (χ3n) is 4.13. The number of hydrogen-bond donors (Lipinski definition) is 0. The molecule has 7 nitrogen and oxygen atoms in total. The topological polar surface area (TPSA) is 75.1 Å². The molecule has 3 heterocycles. The van der Waals surface area contributed by atoms with Gasteiger partial charge in [-0.05, 0) is 26.3 Å². The molecule has 0 aliphatic carbocycles. The lowest BCUT2D eigenvalue weighted by molar-refractivity contribution is 0.0789. The van der Waals surface area contributed by atoms with E-state index in [0.29, 0.717) is 24.6 Å². The van der Waals surface area contributed by atoms with Crippen molar-refractivity contribution in [2.75, 3.05) is 32.1 Å². The van der Waals surface area contributed by atoms with E-state index in [1.165, 1.54) is 0 Å². The number of aromatic nitrogens is 4. The second kappa shape index (κ2) is 6.51. The molecule has 3 rings (SSSR count). The fraction of sp³-hybridized carbons (Fsp3) is 0.471. The van der Waals surface area contributed by atoms with Gasteiger partial charge < -0.3 is 9.80 Å². The molecule has 1 saturated heterocycles. The van der Waals surface area contributed by atoms with Gasteiger partial charge in [0.25, 0.3) is 5.91 Å². The van der Waals surface area contributed by atoms with Crippen LogP contribution in [0.1, 0.15) is 39.9 Å². The van der Waals surface area contributed by atoms with E-state index in [4.69, 9.17) is 0 Å². The highest BCUT2D eigenvalue weighted by Gasteiger charge is 2.30. The van der Waals surface area contributed by atoms with E-state index in [0.717, 1.165) is 23.6 Å². The van der Waals surface area contributed by atoms with E-state index in [2.05, 4.69) is 19.9 Å². The first kappa shape index (κ1) is 16.3. The zero-order valence-electron chi connectivity index (χ0n) is 14.5. The molecular weight excluding hydrogens is 304 g/mol. The summed E-state index contributed by atoms with van der Waals surface area (Å²) in [6.07, 6.45) is 4.06. The molecule has 0 unspecified atom stereocenters. The lowest BCUT2D eigenvalue weighted by Gasteiger charge is -2.17. The Labute approximate surface area is 141 Å². The zero-order valence-corrected chi connectivity index (χ0v) is 14.5. The second-order valence-corrected chi connectivity index (χ2v) is 6.41. The van der Waals surface area contributed by atoms with Crippen LogP contribution in [0.4, 0.5) is 5.95 Å². The molecule has 0 aromatic carbocycles. The van der Waals surface area contributed by atoms with E-state index in [1.54, 1.807) is 17.3 Å². The number of hydrogen-bond acceptors (Lipinski definition) is 6. The van der Waals surface area contributed by atoms with Gasteiger partial charge in [-0.3, -0.25) is 4.79 Å². The van der Waals surface area contributed by atoms with Gasteiger partial charge in [0, 0.05) is 56.9 Å². The summed E-state index contributed by atoms with van der Waals surface area (Å²) in [5.74, 6) is 1.58. The van der Waals surface area contributed by atoms with Crippen LogP contribution in [0.5, 0.6) is 0 Å². The lowest BCUT2D eigenvalue weighted by atomic mass is 10.1. The average Bonchev–Trinajstić information content (AvgIpc) is 3.03. The Kier molecular flexibility index (Phi) is 4.42. The first-order valence-electron chi connectivity index (χ1n) is 8.05. The predicted molar refractivity (Wildman–Crippen MR) is 91.1 cm³/mol. The number of nitrogens with zero attached hydrogens (tertiary/aromatic N) is 6. The van der Waals surface area contributed by atoms with E-state index in [9.17, 15) is 4.79 Å². The van der Waals surface area contributed by atoms with Gasteiger partial charge in [-0.25, -0.2) is 19.9 Å². The summed E-state index contributed by atoms with van der Waals surface area (Å²) >= 11 is 0. The van der Waals surface area contributed by atoms with Gasteiger partial charge in [-0.1, -0.05) is 0 Å². The first-order chi connectivity index (χ1) is 11.4. The monoisotopic (exact) mass is 326 g/mol. The van der Waals surface area contributed by atoms with Gasteiger partial charge in [0.1, 0.15) is 5.82 Å². The van der Waals surface area contributed by atoms with Crippen LogP contribution in [0.15, 0.2) is 18.5 Å². The summed E-state index contributed by atoms with van der Waals surface area (Å²) in [6, 6.07) is 1.96. The standard InChI is InChI=1S/C17H22N6O/c1-11-7-12(2)21-15(20-11)13-5-6-23(10-13)16(24)14-8-18-17(19-9-14)22(3)4/h7-9,13H,5-6,10H2,1-4H3/t13-/m0/s1. The van der Waals surface area contributed by atoms with Crippen LogP contribution < -0.4 is 4.90 Å². The van der Waals surface area contributed by atoms with Gasteiger partial charge in [0.2, 0.25) is 5.95 Å². The summed E-state index contributed by atoms with van der Waals surface area (Å²) in [4.78, 5) is 33.8. The van der Waals surface area contributed by atoms with Crippen molar-refractivity contribution in [2.24, 2.45) is 0 Å². The van der Waals surface area contributed by atoms with Crippen LogP contribution in [0.2, 0.25) is 0 Å². The summed E-state index contributed by atoms with van der Waals surface area (Å²) in [6.45, 7) is 5.28. The van der Waals surface area contributed by atoms with Crippen molar-refractivity contribution in [1.29, 1.82) is 0 Å². The molecule has 0 saturated carbocycles. The number of carbonyl (C=O) groups excluding carboxylic acids is 1. The molecule has 0 spiro atoms. The number of rotatable bonds is 3. The Bertz CT molecular complexity index is 723. The summed E-state index contributed by atoms with van der Waals surface area (Å²) in [5, 5.41) is 0. The fourth-order valence-corrected chi connectivity index (χ4v) is 2.94. The van der Waals surface area contributed by atoms with Crippen molar-refractivity contribution in [1.82, 2.24) is 24.8 Å². The van der Waals surface area contributed by atoms with Crippen molar-refractivity contribution in [3.05, 3.63) is 41.2 Å². The SMILES string of the molecule is Cc1cc(C)nc([C@H]2CCN(C(=O)c3cnc(N(C)C)nc3)C2)n1. The highest BCUT2D eigenvalue weighted by molar-refractivity contribution is 5.94. The first-order valence-corrected chi connectivity index (χ1v) is 8.05. The van der Waals surface area contributed by atoms with E-state index in [-0.39, 0.29) is 11.8 Å². The van der Waals surface area contributed by atoms with Crippen molar-refractivity contribution >= 4 is 11.9 Å². The van der Waals surface area contributed by atoms with Crippen LogP contribution >= 0.6 is 0 Å². The maximum atomic E-state index is 12.6. The van der Waals surface area contributed by atoms with Crippen LogP contribution in [-0.4, -0.2) is 57.9 Å². The summed E-state index contributed by atoms with van der Waals surface area (Å²) < 4.78 is 0. The van der Waals surface area contributed by atoms with Gasteiger partial charge in [0.15, 0.2) is 0 Å². The highest BCUT2D eigenvalue weighted by atomic mass is 16.2. The fourth-order valence-electron chi connectivity index (χ4n) is 2.94. The van der Waals surface area contributed by atoms with Crippen molar-refractivity contribution in [2.45, 2.75) is 26.2 Å². The Morgan fingerprint density at radius 2 is 1.79 bits per heavy atom. The second-order valence-electron chi connectivity index (χ2n) is 6.41. The number of anilines is 1. The molecule has 1 amide bonds. The largest absolute Gasteiger partial charge is 0.347 e. The molecule has 0 N–H and O–H groups in total. The number of likely N-dealkylation sites (tertiary alicyclic amines) is 1. The maximum Gasteiger partial charge on any atom is 0.257 e. The zero-order chi connectivity index (χ0) is 17.3. The number of aryl methyl sites for hydroxylation is 2. The Morgan fingerprint density at radius 1 is 1.17 bits per heavy atom. The minimum atomic E-state index is -0.0350. The molecule has 1 atom stereocenters. The number of amides is 1. The minimum Gasteiger partial charge on any atom is -0.347 e. The molecule has 126 valence electrons. The molecule has 1 aliphatic rings. The third kappa shape index (κ3) is 3.34. The molecule has 0 bridgehead atoms. The van der Waals surface area contributed by atoms with Crippen LogP contribution in [-0.2, 0) is 0 Å². The van der Waals surface area contributed by atoms with E-state index < -0.39 is 0 Å². The van der Waals surface area contributed by atoms with E-state index >= 15 is 0 Å². The molecule has 7 heteroatoms. The van der Waals surface area contributed by atoms with Crippen molar-refractivity contribution in [3.8, 4) is 0 Å². The smallest absolute Gasteiger partial charge is 0.257 e. The van der Waals surface area contributed by atoms with Crippen LogP contribution in [0.25, 0.3) is 0 Å². The summed E-state index contributed by atoms with van der Waals surface area (Å²) in [7, 11) is 3.73. The molecule has 24 heavy (non-hydrogen) atoms. The lowest BCUT2D eigenvalue weighted by Crippen LogP contribution is -2.29. The predicted octanol–water partition coefficient (Wildman–Crippen LogP) is 1.58. The normalized spacial score (nSPS) is 17.2. The van der Waals surface area contributed by atoms with Gasteiger partial charge in [-0.15, -0.1) is 0 Å². The third-order valence-corrected chi connectivity index (χ3v) is 4.13. The van der Waals surface area contributed by atoms with Gasteiger partial charge >= 0.3 is 0 Å². The maximum absolute atomic E-state index is 12.6. The van der Waals surface area contributed by atoms with E-state index in [1.807, 2.05) is 38.9 Å². The molecule has 0 radical (unpaired) electrons.